The van der Waals surface area contributed by atoms with Crippen LogP contribution in [0.2, 0.25) is 0 Å². The van der Waals surface area contributed by atoms with Crippen molar-refractivity contribution >= 4 is 17.5 Å². The molecule has 6 heteroatoms. The molecular formula is C28H32F2N2O2. The first-order valence-corrected chi connectivity index (χ1v) is 12.7. The van der Waals surface area contributed by atoms with Crippen LogP contribution >= 0.6 is 0 Å². The molecule has 4 nitrogen and oxygen atoms in total. The maximum atomic E-state index is 14.5. The summed E-state index contributed by atoms with van der Waals surface area (Å²) >= 11 is 0. The van der Waals surface area contributed by atoms with E-state index in [4.69, 9.17) is 0 Å². The Labute approximate surface area is 199 Å². The fourth-order valence-corrected chi connectivity index (χ4v) is 6.33. The van der Waals surface area contributed by atoms with Gasteiger partial charge in [0, 0.05) is 18.3 Å². The van der Waals surface area contributed by atoms with Crippen LogP contribution in [0.5, 0.6) is 0 Å². The molecule has 2 aliphatic carbocycles. The number of rotatable bonds is 4. The first-order chi connectivity index (χ1) is 16.5. The molecule has 1 N–H and O–H groups in total. The van der Waals surface area contributed by atoms with Crippen molar-refractivity contribution in [3.05, 3.63) is 64.7 Å². The Kier molecular flexibility index (Phi) is 6.66. The van der Waals surface area contributed by atoms with Crippen molar-refractivity contribution < 1.29 is 18.4 Å². The van der Waals surface area contributed by atoms with Crippen LogP contribution in [-0.2, 0) is 17.6 Å². The fourth-order valence-electron chi connectivity index (χ4n) is 6.33. The summed E-state index contributed by atoms with van der Waals surface area (Å²) in [6.45, 7) is 0.413. The molecule has 0 spiro atoms. The third-order valence-electron chi connectivity index (χ3n) is 7.96. The summed E-state index contributed by atoms with van der Waals surface area (Å²) in [4.78, 5) is 28.6. The Morgan fingerprint density at radius 3 is 2.35 bits per heavy atom. The SMILES string of the molecule is O=C(Nc1ccc2c(c1)CCC2)C1CCCN(C(=O)c2c(F)cccc2F)[C@H]1C1CCCCC1. The zero-order valence-corrected chi connectivity index (χ0v) is 19.5. The summed E-state index contributed by atoms with van der Waals surface area (Å²) < 4.78 is 29.0. The molecule has 2 aromatic carbocycles. The molecule has 1 heterocycles. The van der Waals surface area contributed by atoms with E-state index in [0.29, 0.717) is 19.4 Å². The molecule has 1 unspecified atom stereocenters. The molecule has 2 amide bonds. The first kappa shape index (κ1) is 23.0. The summed E-state index contributed by atoms with van der Waals surface area (Å²) in [6, 6.07) is 9.27. The lowest BCUT2D eigenvalue weighted by Gasteiger charge is -2.46. The second kappa shape index (κ2) is 9.85. The summed E-state index contributed by atoms with van der Waals surface area (Å²) in [7, 11) is 0. The molecule has 1 saturated carbocycles. The molecule has 1 aliphatic heterocycles. The number of piperidine rings is 1. The van der Waals surface area contributed by atoms with E-state index in [1.165, 1.54) is 17.2 Å². The lowest BCUT2D eigenvalue weighted by Crippen LogP contribution is -2.55. The van der Waals surface area contributed by atoms with Crippen LogP contribution in [0, 0.1) is 23.5 Å². The number of aryl methyl sites for hydroxylation is 2. The molecule has 2 atom stereocenters. The van der Waals surface area contributed by atoms with Gasteiger partial charge in [-0.15, -0.1) is 0 Å². The normalized spacial score (nSPS) is 22.9. The summed E-state index contributed by atoms with van der Waals surface area (Å²) in [5.74, 6) is -2.68. The smallest absolute Gasteiger partial charge is 0.260 e. The molecule has 0 bridgehead atoms. The van der Waals surface area contributed by atoms with Crippen LogP contribution < -0.4 is 5.32 Å². The Hall–Kier alpha value is -2.76. The number of amides is 2. The molecule has 3 aliphatic rings. The van der Waals surface area contributed by atoms with Crippen molar-refractivity contribution in [1.29, 1.82) is 0 Å². The van der Waals surface area contributed by atoms with Crippen LogP contribution in [0.15, 0.2) is 36.4 Å². The Morgan fingerprint density at radius 2 is 1.59 bits per heavy atom. The maximum absolute atomic E-state index is 14.5. The molecule has 34 heavy (non-hydrogen) atoms. The number of hydrogen-bond donors (Lipinski definition) is 1. The Balaban J connectivity index is 1.43. The van der Waals surface area contributed by atoms with Gasteiger partial charge in [-0.2, -0.15) is 0 Å². The van der Waals surface area contributed by atoms with Gasteiger partial charge in [-0.05, 0) is 86.3 Å². The van der Waals surface area contributed by atoms with Crippen molar-refractivity contribution in [1.82, 2.24) is 4.90 Å². The highest BCUT2D eigenvalue weighted by Gasteiger charge is 2.44. The molecule has 5 rings (SSSR count). The van der Waals surface area contributed by atoms with Gasteiger partial charge < -0.3 is 10.2 Å². The number of carbonyl (C=O) groups is 2. The number of benzene rings is 2. The van der Waals surface area contributed by atoms with Gasteiger partial charge in [0.2, 0.25) is 5.91 Å². The van der Waals surface area contributed by atoms with Gasteiger partial charge in [0.1, 0.15) is 17.2 Å². The van der Waals surface area contributed by atoms with Gasteiger partial charge in [-0.25, -0.2) is 8.78 Å². The third-order valence-corrected chi connectivity index (χ3v) is 7.96. The molecular weight excluding hydrogens is 434 g/mol. The lowest BCUT2D eigenvalue weighted by atomic mass is 9.74. The number of carbonyl (C=O) groups excluding carboxylic acids is 2. The average Bonchev–Trinajstić information content (AvgIpc) is 3.32. The van der Waals surface area contributed by atoms with Crippen molar-refractivity contribution in [2.24, 2.45) is 11.8 Å². The van der Waals surface area contributed by atoms with E-state index < -0.39 is 29.0 Å². The fraction of sp³-hybridized carbons (Fsp3) is 0.500. The molecule has 0 radical (unpaired) electrons. The number of nitrogens with one attached hydrogen (secondary N) is 1. The van der Waals surface area contributed by atoms with E-state index in [1.54, 1.807) is 4.90 Å². The van der Waals surface area contributed by atoms with Crippen LogP contribution in [-0.4, -0.2) is 29.3 Å². The van der Waals surface area contributed by atoms with Crippen molar-refractivity contribution in [3.8, 4) is 0 Å². The minimum absolute atomic E-state index is 0.0972. The predicted octanol–water partition coefficient (Wildman–Crippen LogP) is 5.89. The monoisotopic (exact) mass is 466 g/mol. The lowest BCUT2D eigenvalue weighted by molar-refractivity contribution is -0.124. The largest absolute Gasteiger partial charge is 0.334 e. The molecule has 180 valence electrons. The minimum Gasteiger partial charge on any atom is -0.334 e. The Bertz CT molecular complexity index is 1060. The number of fused-ring (bicyclic) bond motifs is 1. The number of nitrogens with zero attached hydrogens (tertiary/aromatic N) is 1. The molecule has 2 aromatic rings. The first-order valence-electron chi connectivity index (χ1n) is 12.7. The standard InChI is InChI=1S/C28H32F2N2O2/c29-23-12-5-13-24(30)25(23)28(34)32-16-6-11-22(26(32)19-7-2-1-3-8-19)27(33)31-21-15-14-18-9-4-10-20(18)17-21/h5,12-15,17,19,22,26H,1-4,6-11,16H2,(H,31,33)/t22?,26-/m0/s1. The number of hydrogen-bond acceptors (Lipinski definition) is 2. The Morgan fingerprint density at radius 1 is 0.853 bits per heavy atom. The topological polar surface area (TPSA) is 49.4 Å². The highest BCUT2D eigenvalue weighted by molar-refractivity contribution is 5.97. The summed E-state index contributed by atoms with van der Waals surface area (Å²) in [5.41, 5.74) is 2.91. The number of anilines is 1. The summed E-state index contributed by atoms with van der Waals surface area (Å²) in [5, 5.41) is 3.11. The van der Waals surface area contributed by atoms with Crippen molar-refractivity contribution in [3.63, 3.8) is 0 Å². The molecule has 0 aromatic heterocycles. The zero-order chi connectivity index (χ0) is 23.7. The van der Waals surface area contributed by atoms with Gasteiger partial charge in [-0.1, -0.05) is 31.4 Å². The van der Waals surface area contributed by atoms with E-state index in [9.17, 15) is 18.4 Å². The van der Waals surface area contributed by atoms with Gasteiger partial charge >= 0.3 is 0 Å². The van der Waals surface area contributed by atoms with Gasteiger partial charge in [0.15, 0.2) is 0 Å². The number of likely N-dealkylation sites (tertiary alicyclic amines) is 1. The minimum atomic E-state index is -0.850. The second-order valence-corrected chi connectivity index (χ2v) is 10.1. The van der Waals surface area contributed by atoms with E-state index >= 15 is 0 Å². The molecule has 2 fully saturated rings. The van der Waals surface area contributed by atoms with E-state index in [2.05, 4.69) is 17.4 Å². The number of halogens is 2. The molecule has 1 saturated heterocycles. The van der Waals surface area contributed by atoms with Gasteiger partial charge in [0.05, 0.1) is 5.92 Å². The van der Waals surface area contributed by atoms with Gasteiger partial charge in [0.25, 0.3) is 5.91 Å². The van der Waals surface area contributed by atoms with Crippen molar-refractivity contribution in [2.45, 2.75) is 70.3 Å². The summed E-state index contributed by atoms with van der Waals surface area (Å²) in [6.07, 6.45) is 9.66. The van der Waals surface area contributed by atoms with E-state index in [1.807, 2.05) is 6.07 Å². The highest BCUT2D eigenvalue weighted by Crippen LogP contribution is 2.38. The van der Waals surface area contributed by atoms with Crippen LogP contribution in [0.4, 0.5) is 14.5 Å². The quantitative estimate of drug-likeness (QED) is 0.611. The average molecular weight is 467 g/mol. The second-order valence-electron chi connectivity index (χ2n) is 10.1. The third kappa shape index (κ3) is 4.47. The van der Waals surface area contributed by atoms with Crippen molar-refractivity contribution in [2.75, 3.05) is 11.9 Å². The zero-order valence-electron chi connectivity index (χ0n) is 19.5. The van der Waals surface area contributed by atoms with Gasteiger partial charge in [-0.3, -0.25) is 9.59 Å². The van der Waals surface area contributed by atoms with Crippen LogP contribution in [0.25, 0.3) is 0 Å². The van der Waals surface area contributed by atoms with Crippen LogP contribution in [0.3, 0.4) is 0 Å². The van der Waals surface area contributed by atoms with E-state index in [0.717, 1.165) is 69.2 Å². The van der Waals surface area contributed by atoms with E-state index in [-0.39, 0.29) is 17.9 Å². The van der Waals surface area contributed by atoms with Crippen LogP contribution in [0.1, 0.15) is 72.9 Å². The maximum Gasteiger partial charge on any atom is 0.260 e. The highest BCUT2D eigenvalue weighted by atomic mass is 19.1. The predicted molar refractivity (Wildman–Crippen MR) is 128 cm³/mol.